The number of rotatable bonds is 3. The van der Waals surface area contributed by atoms with Crippen molar-refractivity contribution in [3.8, 4) is 0 Å². The Morgan fingerprint density at radius 2 is 1.95 bits per heavy atom. The van der Waals surface area contributed by atoms with Gasteiger partial charge < -0.3 is 10.1 Å². The van der Waals surface area contributed by atoms with Crippen LogP contribution in [0.3, 0.4) is 0 Å². The smallest absolute Gasteiger partial charge is 0.251 e. The van der Waals surface area contributed by atoms with Gasteiger partial charge in [-0.2, -0.15) is 0 Å². The van der Waals surface area contributed by atoms with Crippen molar-refractivity contribution in [2.45, 2.75) is 6.92 Å². The zero-order valence-corrected chi connectivity index (χ0v) is 12.9. The number of halogens is 1. The van der Waals surface area contributed by atoms with Gasteiger partial charge in [-0.05, 0) is 35.0 Å². The Morgan fingerprint density at radius 1 is 1.25 bits per heavy atom. The van der Waals surface area contributed by atoms with Crippen LogP contribution in [0.5, 0.6) is 0 Å². The van der Waals surface area contributed by atoms with Crippen molar-refractivity contribution in [1.82, 2.24) is 5.32 Å². The van der Waals surface area contributed by atoms with E-state index in [1.165, 1.54) is 0 Å². The van der Waals surface area contributed by atoms with E-state index in [2.05, 4.69) is 28.2 Å². The van der Waals surface area contributed by atoms with Crippen molar-refractivity contribution in [2.24, 2.45) is 5.41 Å². The lowest BCUT2D eigenvalue weighted by Gasteiger charge is -2.38. The number of benzene rings is 2. The minimum Gasteiger partial charge on any atom is -0.380 e. The second-order valence-corrected chi connectivity index (χ2v) is 6.61. The maximum Gasteiger partial charge on any atom is 0.251 e. The summed E-state index contributed by atoms with van der Waals surface area (Å²) in [7, 11) is 0. The number of nitrogens with one attached hydrogen (secondary N) is 1. The zero-order valence-electron chi connectivity index (χ0n) is 11.3. The fraction of sp³-hybridized carbons (Fsp3) is 0.312. The minimum absolute atomic E-state index is 0.0251. The van der Waals surface area contributed by atoms with E-state index in [-0.39, 0.29) is 11.3 Å². The average molecular weight is 334 g/mol. The summed E-state index contributed by atoms with van der Waals surface area (Å²) in [6, 6.07) is 11.8. The Balaban J connectivity index is 1.75. The Bertz CT molecular complexity index is 665. The first-order valence-electron chi connectivity index (χ1n) is 6.61. The number of carbonyl (C=O) groups is 1. The Morgan fingerprint density at radius 3 is 2.65 bits per heavy atom. The molecule has 1 fully saturated rings. The van der Waals surface area contributed by atoms with E-state index in [1.54, 1.807) is 0 Å². The molecule has 1 amide bonds. The highest BCUT2D eigenvalue weighted by atomic mass is 79.9. The molecule has 3 rings (SSSR count). The number of fused-ring (bicyclic) bond motifs is 1. The lowest BCUT2D eigenvalue weighted by atomic mass is 9.88. The molecule has 1 aliphatic heterocycles. The lowest BCUT2D eigenvalue weighted by Crippen LogP contribution is -2.48. The number of amides is 1. The highest BCUT2D eigenvalue weighted by molar-refractivity contribution is 9.10. The molecule has 0 aliphatic carbocycles. The van der Waals surface area contributed by atoms with Gasteiger partial charge in [-0.3, -0.25) is 4.79 Å². The van der Waals surface area contributed by atoms with Crippen molar-refractivity contribution < 1.29 is 9.53 Å². The van der Waals surface area contributed by atoms with E-state index in [9.17, 15) is 4.79 Å². The van der Waals surface area contributed by atoms with Crippen molar-refractivity contribution in [3.63, 3.8) is 0 Å². The first-order valence-corrected chi connectivity index (χ1v) is 7.40. The molecule has 1 saturated heterocycles. The molecule has 1 heterocycles. The number of hydrogen-bond donors (Lipinski definition) is 1. The fourth-order valence-corrected chi connectivity index (χ4v) is 2.68. The van der Waals surface area contributed by atoms with Crippen LogP contribution in [-0.2, 0) is 4.74 Å². The Labute approximate surface area is 126 Å². The zero-order chi connectivity index (χ0) is 14.2. The van der Waals surface area contributed by atoms with Gasteiger partial charge in [0.2, 0.25) is 0 Å². The Kier molecular flexibility index (Phi) is 3.52. The van der Waals surface area contributed by atoms with E-state index >= 15 is 0 Å². The summed E-state index contributed by atoms with van der Waals surface area (Å²) in [6.07, 6.45) is 0. The molecule has 0 saturated carbocycles. The third kappa shape index (κ3) is 2.72. The quantitative estimate of drug-likeness (QED) is 0.935. The SMILES string of the molecule is CC1(CNC(=O)c2ccc3cc(Br)ccc3c2)COC1. The van der Waals surface area contributed by atoms with Gasteiger partial charge in [0.05, 0.1) is 13.2 Å². The van der Waals surface area contributed by atoms with Crippen LogP contribution in [0, 0.1) is 5.41 Å². The van der Waals surface area contributed by atoms with Gasteiger partial charge in [-0.25, -0.2) is 0 Å². The van der Waals surface area contributed by atoms with Crippen molar-refractivity contribution in [3.05, 3.63) is 46.4 Å². The standard InChI is InChI=1S/C16H16BrNO2/c1-16(9-20-10-16)8-18-15(19)13-3-2-12-7-14(17)5-4-11(12)6-13/h2-7H,8-10H2,1H3,(H,18,19). The van der Waals surface area contributed by atoms with Gasteiger partial charge in [0, 0.05) is 22.0 Å². The molecule has 104 valence electrons. The molecule has 4 heteroatoms. The molecular weight excluding hydrogens is 318 g/mol. The molecule has 0 bridgehead atoms. The summed E-state index contributed by atoms with van der Waals surface area (Å²) in [4.78, 5) is 12.2. The molecule has 0 aromatic heterocycles. The summed E-state index contributed by atoms with van der Waals surface area (Å²) in [5, 5.41) is 5.18. The van der Waals surface area contributed by atoms with E-state index in [1.807, 2.05) is 36.4 Å². The van der Waals surface area contributed by atoms with Gasteiger partial charge in [-0.15, -0.1) is 0 Å². The molecular formula is C16H16BrNO2. The normalized spacial score (nSPS) is 16.7. The van der Waals surface area contributed by atoms with Gasteiger partial charge in [0.1, 0.15) is 0 Å². The molecule has 3 nitrogen and oxygen atoms in total. The van der Waals surface area contributed by atoms with E-state index in [4.69, 9.17) is 4.74 Å². The number of ether oxygens (including phenoxy) is 1. The van der Waals surface area contributed by atoms with Gasteiger partial charge >= 0.3 is 0 Å². The largest absolute Gasteiger partial charge is 0.380 e. The van der Waals surface area contributed by atoms with E-state index < -0.39 is 0 Å². The molecule has 0 radical (unpaired) electrons. The molecule has 2 aromatic rings. The molecule has 20 heavy (non-hydrogen) atoms. The molecule has 0 spiro atoms. The van der Waals surface area contributed by atoms with Crippen LogP contribution in [0.4, 0.5) is 0 Å². The van der Waals surface area contributed by atoms with Crippen LogP contribution in [0.1, 0.15) is 17.3 Å². The summed E-state index contributed by atoms with van der Waals surface area (Å²) < 4.78 is 6.23. The molecule has 2 aromatic carbocycles. The predicted octanol–water partition coefficient (Wildman–Crippen LogP) is 3.37. The highest BCUT2D eigenvalue weighted by Crippen LogP contribution is 2.25. The second kappa shape index (κ2) is 5.19. The highest BCUT2D eigenvalue weighted by Gasteiger charge is 2.33. The van der Waals surface area contributed by atoms with Gasteiger partial charge in [0.25, 0.3) is 5.91 Å². The van der Waals surface area contributed by atoms with E-state index in [0.717, 1.165) is 28.5 Å². The summed E-state index contributed by atoms with van der Waals surface area (Å²) >= 11 is 3.45. The van der Waals surface area contributed by atoms with Gasteiger partial charge in [-0.1, -0.05) is 35.0 Å². The average Bonchev–Trinajstić information content (AvgIpc) is 2.42. The number of carbonyl (C=O) groups excluding carboxylic acids is 1. The monoisotopic (exact) mass is 333 g/mol. The van der Waals surface area contributed by atoms with Crippen LogP contribution in [0.25, 0.3) is 10.8 Å². The van der Waals surface area contributed by atoms with Crippen LogP contribution in [-0.4, -0.2) is 25.7 Å². The summed E-state index contributed by atoms with van der Waals surface area (Å²) in [6.45, 7) is 4.22. The molecule has 1 N–H and O–H groups in total. The molecule has 0 atom stereocenters. The maximum atomic E-state index is 12.2. The summed E-state index contributed by atoms with van der Waals surface area (Å²) in [5.41, 5.74) is 0.792. The third-order valence-corrected chi connectivity index (χ3v) is 4.13. The molecule has 1 aliphatic rings. The lowest BCUT2D eigenvalue weighted by molar-refractivity contribution is -0.0978. The first kappa shape index (κ1) is 13.6. The fourth-order valence-electron chi connectivity index (χ4n) is 2.31. The summed E-state index contributed by atoms with van der Waals surface area (Å²) in [5.74, 6) is -0.0251. The maximum absolute atomic E-state index is 12.2. The van der Waals surface area contributed by atoms with Crippen LogP contribution in [0.15, 0.2) is 40.9 Å². The Hall–Kier alpha value is -1.39. The van der Waals surface area contributed by atoms with Crippen LogP contribution in [0.2, 0.25) is 0 Å². The minimum atomic E-state index is -0.0251. The topological polar surface area (TPSA) is 38.3 Å². The third-order valence-electron chi connectivity index (χ3n) is 3.64. The van der Waals surface area contributed by atoms with E-state index in [0.29, 0.717) is 12.1 Å². The second-order valence-electron chi connectivity index (χ2n) is 5.69. The van der Waals surface area contributed by atoms with Gasteiger partial charge in [0.15, 0.2) is 0 Å². The predicted molar refractivity (Wildman–Crippen MR) is 82.9 cm³/mol. The van der Waals surface area contributed by atoms with Crippen molar-refractivity contribution >= 4 is 32.6 Å². The van der Waals surface area contributed by atoms with Crippen molar-refractivity contribution in [1.29, 1.82) is 0 Å². The molecule has 0 unspecified atom stereocenters. The van der Waals surface area contributed by atoms with Crippen LogP contribution >= 0.6 is 15.9 Å². The van der Waals surface area contributed by atoms with Crippen LogP contribution < -0.4 is 5.32 Å². The van der Waals surface area contributed by atoms with Crippen molar-refractivity contribution in [2.75, 3.05) is 19.8 Å². The number of hydrogen-bond acceptors (Lipinski definition) is 2. The first-order chi connectivity index (χ1) is 9.56.